The van der Waals surface area contributed by atoms with Crippen molar-refractivity contribution in [3.8, 4) is 16.9 Å². The van der Waals surface area contributed by atoms with E-state index in [1.807, 2.05) is 24.3 Å². The van der Waals surface area contributed by atoms with Gasteiger partial charge >= 0.3 is 13.6 Å². The molecule has 2 rings (SSSR count). The molecule has 0 spiro atoms. The Morgan fingerprint density at radius 1 is 1.04 bits per heavy atom. The normalized spacial score (nSPS) is 11.3. The molecule has 0 radical (unpaired) electrons. The summed E-state index contributed by atoms with van der Waals surface area (Å²) in [6.07, 6.45) is 0. The third-order valence-corrected chi connectivity index (χ3v) is 5.98. The van der Waals surface area contributed by atoms with Gasteiger partial charge in [-0.3, -0.25) is 9.36 Å². The molecule has 0 unspecified atom stereocenters. The first kappa shape index (κ1) is 18.9. The number of hydrogen-bond acceptors (Lipinski definition) is 5. The van der Waals surface area contributed by atoms with Crippen molar-refractivity contribution in [1.82, 2.24) is 0 Å². The lowest BCUT2D eigenvalue weighted by Crippen LogP contribution is -2.15. The molecule has 7 heteroatoms. The summed E-state index contributed by atoms with van der Waals surface area (Å²) >= 11 is 3.41. The molecule has 0 aromatic heterocycles. The van der Waals surface area contributed by atoms with Gasteiger partial charge in [0.1, 0.15) is 11.1 Å². The van der Waals surface area contributed by atoms with E-state index in [-0.39, 0.29) is 11.1 Å². The van der Waals surface area contributed by atoms with Crippen molar-refractivity contribution in [2.24, 2.45) is 0 Å². The molecule has 0 aliphatic rings. The van der Waals surface area contributed by atoms with Crippen LogP contribution in [0, 0.1) is 0 Å². The predicted molar refractivity (Wildman–Crippen MR) is 97.1 cm³/mol. The summed E-state index contributed by atoms with van der Waals surface area (Å²) in [4.78, 5) is 11.3. The maximum atomic E-state index is 12.8. The highest BCUT2D eigenvalue weighted by molar-refractivity contribution is 9.08. The summed E-state index contributed by atoms with van der Waals surface area (Å²) in [5.74, 6) is -0.347. The van der Waals surface area contributed by atoms with E-state index in [1.165, 1.54) is 21.1 Å². The van der Waals surface area contributed by atoms with Crippen molar-refractivity contribution in [2.45, 2.75) is 12.3 Å². The maximum Gasteiger partial charge on any atom is 0.364 e. The van der Waals surface area contributed by atoms with Crippen LogP contribution in [0.15, 0.2) is 42.5 Å². The first-order valence-corrected chi connectivity index (χ1v) is 9.79. The second-order valence-corrected chi connectivity index (χ2v) is 7.74. The second kappa shape index (κ2) is 8.08. The van der Waals surface area contributed by atoms with E-state index in [9.17, 15) is 9.36 Å². The molecule has 5 nitrogen and oxygen atoms in total. The lowest BCUT2D eigenvalue weighted by Gasteiger charge is -2.18. The van der Waals surface area contributed by atoms with Gasteiger partial charge in [-0.05, 0) is 28.8 Å². The van der Waals surface area contributed by atoms with E-state index >= 15 is 0 Å². The van der Waals surface area contributed by atoms with Crippen LogP contribution in [0.1, 0.15) is 12.5 Å². The standard InChI is InChI=1S/C17H18BrO5P/c1-12(19)23-16-9-8-15(10-17(16)24(20,21-2)22-3)14-6-4-13(11-18)5-7-14/h4-10H,11H2,1-3H3. The third kappa shape index (κ3) is 4.14. The van der Waals surface area contributed by atoms with Crippen LogP contribution in [-0.4, -0.2) is 20.2 Å². The number of esters is 1. The minimum absolute atomic E-state index is 0.162. The largest absolute Gasteiger partial charge is 0.426 e. The molecule has 0 saturated heterocycles. The molecule has 0 heterocycles. The molecule has 0 fully saturated rings. The zero-order valence-electron chi connectivity index (χ0n) is 13.6. The molecule has 0 aliphatic heterocycles. The Balaban J connectivity index is 2.55. The SMILES string of the molecule is COP(=O)(OC)c1cc(-c2ccc(CBr)cc2)ccc1OC(C)=O. The van der Waals surface area contributed by atoms with Crippen LogP contribution in [0.4, 0.5) is 0 Å². The number of hydrogen-bond donors (Lipinski definition) is 0. The highest BCUT2D eigenvalue weighted by atomic mass is 79.9. The summed E-state index contributed by atoms with van der Waals surface area (Å²) in [5.41, 5.74) is 2.90. The van der Waals surface area contributed by atoms with Crippen molar-refractivity contribution in [1.29, 1.82) is 0 Å². The Hall–Kier alpha value is -1.46. The summed E-state index contributed by atoms with van der Waals surface area (Å²) in [5, 5.41) is 0.983. The van der Waals surface area contributed by atoms with Gasteiger partial charge in [-0.15, -0.1) is 0 Å². The van der Waals surface area contributed by atoms with E-state index in [0.29, 0.717) is 0 Å². The van der Waals surface area contributed by atoms with Gasteiger partial charge < -0.3 is 13.8 Å². The quantitative estimate of drug-likeness (QED) is 0.306. The minimum Gasteiger partial charge on any atom is -0.426 e. The fourth-order valence-electron chi connectivity index (χ4n) is 2.21. The van der Waals surface area contributed by atoms with Crippen LogP contribution < -0.4 is 10.0 Å². The van der Waals surface area contributed by atoms with Crippen molar-refractivity contribution in [3.63, 3.8) is 0 Å². The van der Waals surface area contributed by atoms with Crippen molar-refractivity contribution >= 4 is 34.8 Å². The third-order valence-electron chi connectivity index (χ3n) is 3.43. The summed E-state index contributed by atoms with van der Waals surface area (Å²) in [7, 11) is -0.993. The van der Waals surface area contributed by atoms with E-state index in [1.54, 1.807) is 18.2 Å². The van der Waals surface area contributed by atoms with Crippen LogP contribution in [0.3, 0.4) is 0 Å². The molecule has 2 aromatic carbocycles. The van der Waals surface area contributed by atoms with E-state index in [4.69, 9.17) is 13.8 Å². The van der Waals surface area contributed by atoms with Gasteiger partial charge in [-0.25, -0.2) is 0 Å². The number of rotatable bonds is 6. The molecular weight excluding hydrogens is 395 g/mol. The molecule has 0 bridgehead atoms. The summed E-state index contributed by atoms with van der Waals surface area (Å²) < 4.78 is 28.1. The number of benzene rings is 2. The number of carbonyl (C=O) groups is 1. The first-order valence-electron chi connectivity index (χ1n) is 7.13. The predicted octanol–water partition coefficient (Wildman–Crippen LogP) is 4.29. The lowest BCUT2D eigenvalue weighted by atomic mass is 10.0. The van der Waals surface area contributed by atoms with Crippen molar-refractivity contribution in [2.75, 3.05) is 14.2 Å². The second-order valence-electron chi connectivity index (χ2n) is 4.97. The Kier molecular flexibility index (Phi) is 6.35. The fourth-order valence-corrected chi connectivity index (χ4v) is 3.81. The maximum absolute atomic E-state index is 12.8. The van der Waals surface area contributed by atoms with Gasteiger partial charge in [0, 0.05) is 26.5 Å². The van der Waals surface area contributed by atoms with Crippen molar-refractivity contribution in [3.05, 3.63) is 48.0 Å². The van der Waals surface area contributed by atoms with Gasteiger partial charge in [0.15, 0.2) is 0 Å². The van der Waals surface area contributed by atoms with E-state index < -0.39 is 13.6 Å². The zero-order valence-corrected chi connectivity index (χ0v) is 16.1. The molecule has 0 atom stereocenters. The average molecular weight is 413 g/mol. The molecule has 0 amide bonds. The lowest BCUT2D eigenvalue weighted by molar-refractivity contribution is -0.131. The first-order chi connectivity index (χ1) is 11.4. The van der Waals surface area contributed by atoms with Crippen LogP contribution in [-0.2, 0) is 23.7 Å². The topological polar surface area (TPSA) is 61.8 Å². The van der Waals surface area contributed by atoms with Gasteiger partial charge in [-0.2, -0.15) is 0 Å². The Bertz CT molecular complexity index is 765. The number of halogens is 1. The molecule has 128 valence electrons. The average Bonchev–Trinajstić information content (AvgIpc) is 2.61. The summed E-state index contributed by atoms with van der Waals surface area (Å²) in [6, 6.07) is 13.0. The molecule has 0 aliphatic carbocycles. The Morgan fingerprint density at radius 3 is 2.12 bits per heavy atom. The highest BCUT2D eigenvalue weighted by Gasteiger charge is 2.30. The fraction of sp³-hybridized carbons (Fsp3) is 0.235. The van der Waals surface area contributed by atoms with Crippen LogP contribution in [0.25, 0.3) is 11.1 Å². The Morgan fingerprint density at radius 2 is 1.62 bits per heavy atom. The molecular formula is C17H18BrO5P. The van der Waals surface area contributed by atoms with E-state index in [2.05, 4.69) is 15.9 Å². The van der Waals surface area contributed by atoms with Crippen LogP contribution in [0.5, 0.6) is 5.75 Å². The minimum atomic E-state index is -3.57. The monoisotopic (exact) mass is 412 g/mol. The molecule has 24 heavy (non-hydrogen) atoms. The van der Waals surface area contributed by atoms with Crippen LogP contribution >= 0.6 is 23.5 Å². The number of carbonyl (C=O) groups excluding carboxylic acids is 1. The van der Waals surface area contributed by atoms with Crippen LogP contribution in [0.2, 0.25) is 0 Å². The molecule has 0 N–H and O–H groups in total. The Labute approximate surface area is 149 Å². The van der Waals surface area contributed by atoms with Gasteiger partial charge in [-0.1, -0.05) is 46.3 Å². The van der Waals surface area contributed by atoms with Gasteiger partial charge in [0.25, 0.3) is 0 Å². The number of ether oxygens (including phenoxy) is 1. The molecule has 0 saturated carbocycles. The summed E-state index contributed by atoms with van der Waals surface area (Å²) in [6.45, 7) is 1.28. The molecule has 2 aromatic rings. The van der Waals surface area contributed by atoms with Gasteiger partial charge in [0.2, 0.25) is 0 Å². The number of alkyl halides is 1. The smallest absolute Gasteiger partial charge is 0.364 e. The van der Waals surface area contributed by atoms with Crippen molar-refractivity contribution < 1.29 is 23.1 Å². The zero-order chi connectivity index (χ0) is 17.7. The van der Waals surface area contributed by atoms with E-state index in [0.717, 1.165) is 22.0 Å². The highest BCUT2D eigenvalue weighted by Crippen LogP contribution is 2.48. The van der Waals surface area contributed by atoms with Gasteiger partial charge in [0.05, 0.1) is 0 Å².